The van der Waals surface area contributed by atoms with Crippen LogP contribution in [0, 0.1) is 0 Å². The van der Waals surface area contributed by atoms with Crippen molar-refractivity contribution in [1.82, 2.24) is 5.32 Å². The van der Waals surface area contributed by atoms with Crippen LogP contribution in [0.15, 0.2) is 18.2 Å². The molecular formula is C12H15NO5. The fourth-order valence-electron chi connectivity index (χ4n) is 1.34. The van der Waals surface area contributed by atoms with Crippen LogP contribution in [0.1, 0.15) is 17.3 Å². The molecule has 0 saturated carbocycles. The molecular weight excluding hydrogens is 238 g/mol. The molecule has 0 atom stereocenters. The summed E-state index contributed by atoms with van der Waals surface area (Å²) in [5, 5.41) is 10.8. The summed E-state index contributed by atoms with van der Waals surface area (Å²) in [5.41, 5.74) is 0.277. The third kappa shape index (κ3) is 3.65. The molecule has 0 saturated heterocycles. The zero-order valence-corrected chi connectivity index (χ0v) is 10.2. The predicted molar refractivity (Wildman–Crippen MR) is 64.1 cm³/mol. The summed E-state index contributed by atoms with van der Waals surface area (Å²) in [5.74, 6) is -0.675. The minimum atomic E-state index is -1.10. The topological polar surface area (TPSA) is 84.9 Å². The van der Waals surface area contributed by atoms with E-state index in [-0.39, 0.29) is 5.56 Å². The van der Waals surface area contributed by atoms with Gasteiger partial charge < -0.3 is 19.9 Å². The molecule has 6 heteroatoms. The maximum atomic E-state index is 11.7. The number of aliphatic carboxylic acids is 1. The van der Waals surface area contributed by atoms with Crippen molar-refractivity contribution in [2.75, 3.05) is 20.3 Å². The van der Waals surface area contributed by atoms with Crippen LogP contribution in [0.3, 0.4) is 0 Å². The molecule has 0 heterocycles. The monoisotopic (exact) mass is 253 g/mol. The van der Waals surface area contributed by atoms with Gasteiger partial charge >= 0.3 is 5.97 Å². The van der Waals surface area contributed by atoms with Crippen LogP contribution in [-0.4, -0.2) is 37.2 Å². The van der Waals surface area contributed by atoms with Crippen LogP contribution >= 0.6 is 0 Å². The van der Waals surface area contributed by atoms with E-state index in [4.69, 9.17) is 14.6 Å². The highest BCUT2D eigenvalue weighted by Gasteiger charge is 2.14. The first kappa shape index (κ1) is 13.8. The van der Waals surface area contributed by atoms with Gasteiger partial charge in [-0.15, -0.1) is 0 Å². The summed E-state index contributed by atoms with van der Waals surface area (Å²) in [4.78, 5) is 22.1. The number of benzene rings is 1. The normalized spacial score (nSPS) is 9.67. The number of ether oxygens (including phenoxy) is 2. The van der Waals surface area contributed by atoms with Crippen molar-refractivity contribution < 1.29 is 24.2 Å². The Morgan fingerprint density at radius 2 is 2.11 bits per heavy atom. The minimum absolute atomic E-state index is 0.277. The van der Waals surface area contributed by atoms with Gasteiger partial charge in [0, 0.05) is 6.07 Å². The number of carbonyl (C=O) groups is 2. The molecule has 0 aliphatic heterocycles. The molecule has 1 amide bonds. The van der Waals surface area contributed by atoms with Crippen molar-refractivity contribution in [1.29, 1.82) is 0 Å². The van der Waals surface area contributed by atoms with E-state index in [0.717, 1.165) is 0 Å². The molecule has 98 valence electrons. The summed E-state index contributed by atoms with van der Waals surface area (Å²) in [6.07, 6.45) is 0. The Balaban J connectivity index is 2.92. The van der Waals surface area contributed by atoms with Crippen molar-refractivity contribution in [2.45, 2.75) is 6.92 Å². The minimum Gasteiger partial charge on any atom is -0.497 e. The Bertz CT molecular complexity index is 444. The smallest absolute Gasteiger partial charge is 0.322 e. The van der Waals surface area contributed by atoms with Crippen molar-refractivity contribution in [2.24, 2.45) is 0 Å². The van der Waals surface area contributed by atoms with Crippen LogP contribution < -0.4 is 14.8 Å². The summed E-state index contributed by atoms with van der Waals surface area (Å²) in [7, 11) is 1.51. The molecule has 0 aliphatic carbocycles. The van der Waals surface area contributed by atoms with Gasteiger partial charge in [-0.2, -0.15) is 0 Å². The van der Waals surface area contributed by atoms with Crippen molar-refractivity contribution in [3.8, 4) is 11.5 Å². The first-order valence-electron chi connectivity index (χ1n) is 5.39. The number of rotatable bonds is 6. The molecule has 6 nitrogen and oxygen atoms in total. The van der Waals surface area contributed by atoms with E-state index >= 15 is 0 Å². The van der Waals surface area contributed by atoms with Crippen LogP contribution in [-0.2, 0) is 4.79 Å². The van der Waals surface area contributed by atoms with Gasteiger partial charge in [0.15, 0.2) is 0 Å². The zero-order valence-electron chi connectivity index (χ0n) is 10.2. The van der Waals surface area contributed by atoms with E-state index in [1.807, 2.05) is 0 Å². The summed E-state index contributed by atoms with van der Waals surface area (Å²) >= 11 is 0. The summed E-state index contributed by atoms with van der Waals surface area (Å²) in [6.45, 7) is 1.75. The lowest BCUT2D eigenvalue weighted by Crippen LogP contribution is -2.29. The number of carbonyl (C=O) groups excluding carboxylic acids is 1. The van der Waals surface area contributed by atoms with Crippen molar-refractivity contribution >= 4 is 11.9 Å². The molecule has 0 unspecified atom stereocenters. The van der Waals surface area contributed by atoms with Crippen LogP contribution in [0.4, 0.5) is 0 Å². The maximum absolute atomic E-state index is 11.7. The lowest BCUT2D eigenvalue weighted by molar-refractivity contribution is -0.135. The number of carboxylic acid groups (broad SMARTS) is 1. The van der Waals surface area contributed by atoms with E-state index in [1.54, 1.807) is 19.1 Å². The molecule has 1 rings (SSSR count). The summed E-state index contributed by atoms with van der Waals surface area (Å²) in [6, 6.07) is 4.72. The van der Waals surface area contributed by atoms with Gasteiger partial charge in [-0.05, 0) is 19.1 Å². The van der Waals surface area contributed by atoms with Gasteiger partial charge in [-0.3, -0.25) is 9.59 Å². The molecule has 18 heavy (non-hydrogen) atoms. The van der Waals surface area contributed by atoms with Crippen LogP contribution in [0.25, 0.3) is 0 Å². The van der Waals surface area contributed by atoms with E-state index < -0.39 is 18.4 Å². The van der Waals surface area contributed by atoms with Crippen molar-refractivity contribution in [3.63, 3.8) is 0 Å². The average Bonchev–Trinajstić information content (AvgIpc) is 2.36. The fourth-order valence-corrected chi connectivity index (χ4v) is 1.34. The first-order valence-corrected chi connectivity index (χ1v) is 5.39. The largest absolute Gasteiger partial charge is 0.497 e. The lowest BCUT2D eigenvalue weighted by atomic mass is 10.1. The van der Waals surface area contributed by atoms with Crippen molar-refractivity contribution in [3.05, 3.63) is 23.8 Å². The Morgan fingerprint density at radius 1 is 1.39 bits per heavy atom. The van der Waals surface area contributed by atoms with Gasteiger partial charge in [0.1, 0.15) is 18.0 Å². The maximum Gasteiger partial charge on any atom is 0.322 e. The lowest BCUT2D eigenvalue weighted by Gasteiger charge is -2.11. The number of nitrogens with one attached hydrogen (secondary N) is 1. The third-order valence-electron chi connectivity index (χ3n) is 2.13. The highest BCUT2D eigenvalue weighted by molar-refractivity contribution is 5.98. The molecule has 0 aromatic heterocycles. The van der Waals surface area contributed by atoms with E-state index in [0.29, 0.717) is 18.1 Å². The first-order chi connectivity index (χ1) is 8.58. The fraction of sp³-hybridized carbons (Fsp3) is 0.333. The quantitative estimate of drug-likeness (QED) is 0.787. The number of carboxylic acids is 1. The number of hydrogen-bond acceptors (Lipinski definition) is 4. The van der Waals surface area contributed by atoms with Gasteiger partial charge in [-0.1, -0.05) is 0 Å². The van der Waals surface area contributed by atoms with Gasteiger partial charge in [0.2, 0.25) is 0 Å². The standard InChI is InChI=1S/C12H15NO5/c1-3-18-10-6-8(17-2)4-5-9(10)12(16)13-7-11(14)15/h4-6H,3,7H2,1-2H3,(H,13,16)(H,14,15). The number of hydrogen-bond donors (Lipinski definition) is 2. The molecule has 0 fully saturated rings. The van der Waals surface area contributed by atoms with Gasteiger partial charge in [0.25, 0.3) is 5.91 Å². The Labute approximate surface area is 105 Å². The molecule has 2 N–H and O–H groups in total. The van der Waals surface area contributed by atoms with Gasteiger partial charge in [0.05, 0.1) is 19.3 Å². The third-order valence-corrected chi connectivity index (χ3v) is 2.13. The molecule has 0 spiro atoms. The Morgan fingerprint density at radius 3 is 2.67 bits per heavy atom. The Kier molecular flexibility index (Phi) is 4.98. The molecule has 0 bridgehead atoms. The SMILES string of the molecule is CCOc1cc(OC)ccc1C(=O)NCC(=O)O. The zero-order chi connectivity index (χ0) is 13.5. The molecule has 0 radical (unpaired) electrons. The van der Waals surface area contributed by atoms with E-state index in [1.165, 1.54) is 13.2 Å². The van der Waals surface area contributed by atoms with Crippen LogP contribution in [0.2, 0.25) is 0 Å². The highest BCUT2D eigenvalue weighted by atomic mass is 16.5. The second kappa shape index (κ2) is 6.48. The van der Waals surface area contributed by atoms with Gasteiger partial charge in [-0.25, -0.2) is 0 Å². The number of amides is 1. The van der Waals surface area contributed by atoms with Crippen LogP contribution in [0.5, 0.6) is 11.5 Å². The second-order valence-electron chi connectivity index (χ2n) is 3.37. The predicted octanol–water partition coefficient (Wildman–Crippen LogP) is 0.908. The van der Waals surface area contributed by atoms with E-state index in [2.05, 4.69) is 5.32 Å². The Hall–Kier alpha value is -2.24. The van der Waals surface area contributed by atoms with E-state index in [9.17, 15) is 9.59 Å². The molecule has 1 aromatic carbocycles. The molecule has 1 aromatic rings. The highest BCUT2D eigenvalue weighted by Crippen LogP contribution is 2.24. The second-order valence-corrected chi connectivity index (χ2v) is 3.37. The summed E-state index contributed by atoms with van der Waals surface area (Å²) < 4.78 is 10.3. The average molecular weight is 253 g/mol. The molecule has 0 aliphatic rings. The number of methoxy groups -OCH3 is 1.